The number of aldehydes is 1. The predicted molar refractivity (Wildman–Crippen MR) is 44.1 cm³/mol. The van der Waals surface area contributed by atoms with Crippen molar-refractivity contribution in [2.24, 2.45) is 0 Å². The zero-order valence-corrected chi connectivity index (χ0v) is 7.82. The van der Waals surface area contributed by atoms with Crippen molar-refractivity contribution in [1.82, 2.24) is 5.32 Å². The normalized spacial score (nSPS) is 27.8. The first-order valence-corrected chi connectivity index (χ1v) is 4.06. The third-order valence-corrected chi connectivity index (χ3v) is 2.08. The third kappa shape index (κ3) is 2.33. The largest absolute Gasteiger partial charge is 0.416 e. The van der Waals surface area contributed by atoms with Crippen molar-refractivity contribution < 1.29 is 18.0 Å². The predicted octanol–water partition coefficient (Wildman–Crippen LogP) is 1.88. The summed E-state index contributed by atoms with van der Waals surface area (Å²) in [6.45, 7) is 0. The molecule has 13 heavy (non-hydrogen) atoms. The quantitative estimate of drug-likeness (QED) is 0.441. The Morgan fingerprint density at radius 1 is 1.54 bits per heavy atom. The van der Waals surface area contributed by atoms with Gasteiger partial charge in [0.05, 0.1) is 5.57 Å². The molecule has 0 saturated carbocycles. The number of dihydropyridines is 1. The Morgan fingerprint density at radius 2 is 2.15 bits per heavy atom. The van der Waals surface area contributed by atoms with Crippen molar-refractivity contribution in [3.05, 3.63) is 23.9 Å². The molecule has 0 amide bonds. The molecule has 1 N–H and O–H groups in total. The minimum atomic E-state index is -4.43. The molecule has 6 heteroatoms. The van der Waals surface area contributed by atoms with Crippen molar-refractivity contribution >= 4 is 22.2 Å². The van der Waals surface area contributed by atoms with Crippen LogP contribution in [0.25, 0.3) is 0 Å². The van der Waals surface area contributed by atoms with Gasteiger partial charge in [0.25, 0.3) is 0 Å². The monoisotopic (exact) mass is 255 g/mol. The van der Waals surface area contributed by atoms with E-state index in [-0.39, 0.29) is 0 Å². The number of halogens is 4. The average molecular weight is 256 g/mol. The van der Waals surface area contributed by atoms with E-state index < -0.39 is 16.2 Å². The number of carbonyl (C=O) groups is 1. The molecule has 0 bridgehead atoms. The molecule has 0 aromatic carbocycles. The lowest BCUT2D eigenvalue weighted by molar-refractivity contribution is -0.109. The van der Waals surface area contributed by atoms with E-state index in [9.17, 15) is 18.0 Å². The van der Waals surface area contributed by atoms with E-state index in [1.165, 1.54) is 0 Å². The maximum Gasteiger partial charge on any atom is 0.416 e. The van der Waals surface area contributed by atoms with E-state index in [1.54, 1.807) is 0 Å². The molecule has 0 radical (unpaired) electrons. The Balaban J connectivity index is 3.00. The summed E-state index contributed by atoms with van der Waals surface area (Å²) >= 11 is 2.82. The van der Waals surface area contributed by atoms with Crippen LogP contribution < -0.4 is 5.32 Å². The lowest BCUT2D eigenvalue weighted by Gasteiger charge is -2.23. The minimum absolute atomic E-state index is 0.349. The van der Waals surface area contributed by atoms with Gasteiger partial charge < -0.3 is 5.32 Å². The second-order valence-electron chi connectivity index (χ2n) is 2.46. The zero-order chi connectivity index (χ0) is 10.1. The van der Waals surface area contributed by atoms with E-state index >= 15 is 0 Å². The summed E-state index contributed by atoms with van der Waals surface area (Å²) in [5, 5.41) is 2.44. The Bertz CT molecular complexity index is 284. The van der Waals surface area contributed by atoms with Gasteiger partial charge in [0, 0.05) is 0 Å². The molecule has 0 aromatic heterocycles. The van der Waals surface area contributed by atoms with Gasteiger partial charge in [0.2, 0.25) is 0 Å². The number of nitrogens with one attached hydrogen (secondary N) is 1. The van der Waals surface area contributed by atoms with Crippen molar-refractivity contribution in [3.8, 4) is 0 Å². The molecule has 1 unspecified atom stereocenters. The summed E-state index contributed by atoms with van der Waals surface area (Å²) in [4.78, 5) is 10.4. The van der Waals surface area contributed by atoms with Gasteiger partial charge in [0.15, 0.2) is 10.7 Å². The highest BCUT2D eigenvalue weighted by Gasteiger charge is 2.37. The Kier molecular flexibility index (Phi) is 2.51. The van der Waals surface area contributed by atoms with Crippen molar-refractivity contribution in [2.45, 2.75) is 10.6 Å². The standard InChI is InChI=1S/C7H5BrF3NO/c8-6(4-13)3-5(1-2-12-6)7(9,10)11/h1-4,12H. The molecule has 2 nitrogen and oxygen atoms in total. The van der Waals surface area contributed by atoms with Gasteiger partial charge in [-0.2, -0.15) is 13.2 Å². The molecule has 1 atom stereocenters. The van der Waals surface area contributed by atoms with Crippen molar-refractivity contribution in [3.63, 3.8) is 0 Å². The maximum atomic E-state index is 12.1. The fourth-order valence-electron chi connectivity index (χ4n) is 0.820. The van der Waals surface area contributed by atoms with Gasteiger partial charge in [-0.15, -0.1) is 0 Å². The SMILES string of the molecule is O=CC1(Br)C=C(C(F)(F)F)C=CN1. The van der Waals surface area contributed by atoms with Crippen LogP contribution in [0.1, 0.15) is 0 Å². The van der Waals surface area contributed by atoms with Crippen LogP contribution in [0.15, 0.2) is 23.9 Å². The summed E-state index contributed by atoms with van der Waals surface area (Å²) in [5.41, 5.74) is -0.852. The highest BCUT2D eigenvalue weighted by Crippen LogP contribution is 2.31. The molecular formula is C7H5BrF3NO. The summed E-state index contributed by atoms with van der Waals surface area (Å²) in [7, 11) is 0. The lowest BCUT2D eigenvalue weighted by atomic mass is 10.1. The number of carbonyl (C=O) groups excluding carboxylic acids is 1. The van der Waals surface area contributed by atoms with Gasteiger partial charge in [-0.05, 0) is 34.3 Å². The number of rotatable bonds is 1. The van der Waals surface area contributed by atoms with Crippen LogP contribution in [0.3, 0.4) is 0 Å². The first-order chi connectivity index (χ1) is 5.87. The van der Waals surface area contributed by atoms with Gasteiger partial charge in [0.1, 0.15) is 0 Å². The molecule has 0 saturated heterocycles. The van der Waals surface area contributed by atoms with Crippen molar-refractivity contribution in [2.75, 3.05) is 0 Å². The maximum absolute atomic E-state index is 12.1. The van der Waals surface area contributed by atoms with Crippen LogP contribution in [0.2, 0.25) is 0 Å². The van der Waals surface area contributed by atoms with E-state index in [0.717, 1.165) is 18.4 Å². The van der Waals surface area contributed by atoms with Crippen LogP contribution in [-0.2, 0) is 4.79 Å². The fraction of sp³-hybridized carbons (Fsp3) is 0.286. The molecule has 0 spiro atoms. The number of alkyl halides is 4. The number of allylic oxidation sites excluding steroid dienone is 2. The average Bonchev–Trinajstić information content (AvgIpc) is 2.03. The van der Waals surface area contributed by atoms with Crippen LogP contribution in [0.5, 0.6) is 0 Å². The van der Waals surface area contributed by atoms with Crippen LogP contribution in [0.4, 0.5) is 13.2 Å². The smallest absolute Gasteiger partial charge is 0.367 e. The third-order valence-electron chi connectivity index (χ3n) is 1.43. The number of hydrogen-bond donors (Lipinski definition) is 1. The molecule has 0 aliphatic carbocycles. The second-order valence-corrected chi connectivity index (χ2v) is 3.77. The topological polar surface area (TPSA) is 29.1 Å². The van der Waals surface area contributed by atoms with Gasteiger partial charge in [-0.25, -0.2) is 0 Å². The highest BCUT2D eigenvalue weighted by atomic mass is 79.9. The molecular weight excluding hydrogens is 251 g/mol. The second kappa shape index (κ2) is 3.17. The summed E-state index contributed by atoms with van der Waals surface area (Å²) in [6, 6.07) is 0. The minimum Gasteiger partial charge on any atom is -0.367 e. The molecule has 1 rings (SSSR count). The molecule has 0 fully saturated rings. The molecule has 0 aromatic rings. The highest BCUT2D eigenvalue weighted by molar-refractivity contribution is 9.10. The zero-order valence-electron chi connectivity index (χ0n) is 6.23. The lowest BCUT2D eigenvalue weighted by Crippen LogP contribution is -2.38. The summed E-state index contributed by atoms with van der Waals surface area (Å²) in [5.74, 6) is 0. The van der Waals surface area contributed by atoms with E-state index in [4.69, 9.17) is 0 Å². The molecule has 72 valence electrons. The summed E-state index contributed by atoms with van der Waals surface area (Å²) in [6.07, 6.45) is -1.36. The molecule has 1 heterocycles. The molecule has 1 aliphatic rings. The summed E-state index contributed by atoms with van der Waals surface area (Å²) < 4.78 is 35.0. The van der Waals surface area contributed by atoms with E-state index in [2.05, 4.69) is 21.2 Å². The first kappa shape index (κ1) is 10.3. The van der Waals surface area contributed by atoms with Gasteiger partial charge >= 0.3 is 6.18 Å². The van der Waals surface area contributed by atoms with E-state index in [1.807, 2.05) is 0 Å². The van der Waals surface area contributed by atoms with Crippen LogP contribution >= 0.6 is 15.9 Å². The molecule has 1 aliphatic heterocycles. The van der Waals surface area contributed by atoms with Gasteiger partial charge in [-0.1, -0.05) is 0 Å². The Hall–Kier alpha value is -0.780. The Morgan fingerprint density at radius 3 is 2.62 bits per heavy atom. The van der Waals surface area contributed by atoms with Crippen LogP contribution in [0, 0.1) is 0 Å². The Labute approximate surface area is 80.6 Å². The first-order valence-electron chi connectivity index (χ1n) is 3.27. The number of hydrogen-bond acceptors (Lipinski definition) is 2. The van der Waals surface area contributed by atoms with Crippen molar-refractivity contribution in [1.29, 1.82) is 0 Å². The fourth-order valence-corrected chi connectivity index (χ4v) is 1.20. The van der Waals surface area contributed by atoms with E-state index in [0.29, 0.717) is 6.29 Å². The van der Waals surface area contributed by atoms with Crippen LogP contribution in [-0.4, -0.2) is 16.9 Å². The van der Waals surface area contributed by atoms with Gasteiger partial charge in [-0.3, -0.25) is 4.79 Å².